The molecule has 3 aliphatic rings. The van der Waals surface area contributed by atoms with Gasteiger partial charge < -0.3 is 9.64 Å². The number of likely N-dealkylation sites (tertiary alicyclic amines) is 1. The number of piperidine rings is 1. The first-order valence-corrected chi connectivity index (χ1v) is 7.05. The van der Waals surface area contributed by atoms with Crippen LogP contribution in [-0.4, -0.2) is 37.6 Å². The Morgan fingerprint density at radius 1 is 1.29 bits per heavy atom. The lowest BCUT2D eigenvalue weighted by Crippen LogP contribution is -2.43. The lowest BCUT2D eigenvalue weighted by molar-refractivity contribution is -0.137. The predicted molar refractivity (Wildman–Crippen MR) is 65.5 cm³/mol. The van der Waals surface area contributed by atoms with Gasteiger partial charge in [0.05, 0.1) is 6.61 Å². The van der Waals surface area contributed by atoms with Crippen LogP contribution in [0.4, 0.5) is 0 Å². The topological polar surface area (TPSA) is 29.5 Å². The van der Waals surface area contributed by atoms with Crippen molar-refractivity contribution in [1.82, 2.24) is 4.90 Å². The third-order valence-electron chi connectivity index (χ3n) is 4.83. The summed E-state index contributed by atoms with van der Waals surface area (Å²) in [5, 5.41) is 0. The van der Waals surface area contributed by atoms with E-state index in [1.54, 1.807) is 7.11 Å². The number of amides is 1. The normalized spacial score (nSPS) is 40.2. The summed E-state index contributed by atoms with van der Waals surface area (Å²) in [7, 11) is 1.76. The van der Waals surface area contributed by atoms with Crippen LogP contribution >= 0.6 is 0 Å². The van der Waals surface area contributed by atoms with Gasteiger partial charge >= 0.3 is 0 Å². The van der Waals surface area contributed by atoms with Crippen molar-refractivity contribution in [2.75, 3.05) is 26.8 Å². The quantitative estimate of drug-likeness (QED) is 0.750. The van der Waals surface area contributed by atoms with E-state index in [2.05, 4.69) is 4.90 Å². The van der Waals surface area contributed by atoms with Gasteiger partial charge in [-0.3, -0.25) is 4.79 Å². The zero-order chi connectivity index (χ0) is 11.8. The summed E-state index contributed by atoms with van der Waals surface area (Å²) in [6.45, 7) is 2.71. The van der Waals surface area contributed by atoms with Crippen LogP contribution in [-0.2, 0) is 9.53 Å². The lowest BCUT2D eigenvalue weighted by atomic mass is 9.95. The fraction of sp³-hybridized carbons (Fsp3) is 0.929. The second-order valence-corrected chi connectivity index (χ2v) is 6.17. The van der Waals surface area contributed by atoms with Gasteiger partial charge in [0.1, 0.15) is 0 Å². The molecule has 0 aromatic heterocycles. The van der Waals surface area contributed by atoms with Crippen molar-refractivity contribution in [2.24, 2.45) is 23.7 Å². The number of fused-ring (bicyclic) bond motifs is 1. The Morgan fingerprint density at radius 2 is 2.06 bits per heavy atom. The van der Waals surface area contributed by atoms with Gasteiger partial charge in [-0.25, -0.2) is 0 Å². The van der Waals surface area contributed by atoms with E-state index in [0.717, 1.165) is 38.0 Å². The van der Waals surface area contributed by atoms with Crippen molar-refractivity contribution >= 4 is 5.91 Å². The molecule has 3 heteroatoms. The average Bonchev–Trinajstić information content (AvgIpc) is 2.96. The highest BCUT2D eigenvalue weighted by Crippen LogP contribution is 2.54. The summed E-state index contributed by atoms with van der Waals surface area (Å²) < 4.78 is 5.22. The van der Waals surface area contributed by atoms with Crippen LogP contribution in [0.15, 0.2) is 0 Å². The summed E-state index contributed by atoms with van der Waals surface area (Å²) in [5.74, 6) is 3.18. The van der Waals surface area contributed by atoms with Gasteiger partial charge in [-0.15, -0.1) is 0 Å². The summed E-state index contributed by atoms with van der Waals surface area (Å²) in [6, 6.07) is 0. The van der Waals surface area contributed by atoms with E-state index >= 15 is 0 Å². The molecular weight excluding hydrogens is 214 g/mol. The number of rotatable bonds is 3. The maximum Gasteiger partial charge on any atom is 0.225 e. The predicted octanol–water partition coefficient (Wildman–Crippen LogP) is 1.92. The largest absolute Gasteiger partial charge is 0.384 e. The van der Waals surface area contributed by atoms with E-state index in [4.69, 9.17) is 4.74 Å². The van der Waals surface area contributed by atoms with Gasteiger partial charge in [0.2, 0.25) is 5.91 Å². The molecule has 0 bridgehead atoms. The monoisotopic (exact) mass is 237 g/mol. The van der Waals surface area contributed by atoms with Crippen molar-refractivity contribution in [2.45, 2.75) is 32.1 Å². The molecule has 96 valence electrons. The molecule has 17 heavy (non-hydrogen) atoms. The second kappa shape index (κ2) is 4.60. The van der Waals surface area contributed by atoms with E-state index in [1.807, 2.05) is 0 Å². The molecule has 3 nitrogen and oxygen atoms in total. The van der Waals surface area contributed by atoms with Crippen LogP contribution in [0.5, 0.6) is 0 Å². The molecule has 1 heterocycles. The molecule has 0 aromatic rings. The molecule has 3 fully saturated rings. The van der Waals surface area contributed by atoms with Crippen LogP contribution in [0.3, 0.4) is 0 Å². The number of carbonyl (C=O) groups excluding carboxylic acids is 1. The van der Waals surface area contributed by atoms with Crippen molar-refractivity contribution in [3.05, 3.63) is 0 Å². The summed E-state index contributed by atoms with van der Waals surface area (Å²) in [5.41, 5.74) is 0. The van der Waals surface area contributed by atoms with Crippen LogP contribution in [0.1, 0.15) is 32.1 Å². The molecule has 0 radical (unpaired) electrons. The maximum absolute atomic E-state index is 12.4. The fourth-order valence-electron chi connectivity index (χ4n) is 3.81. The highest BCUT2D eigenvalue weighted by Gasteiger charge is 2.48. The van der Waals surface area contributed by atoms with Gasteiger partial charge in [-0.05, 0) is 49.9 Å². The van der Waals surface area contributed by atoms with Crippen LogP contribution in [0.25, 0.3) is 0 Å². The minimum absolute atomic E-state index is 0.361. The van der Waals surface area contributed by atoms with E-state index in [-0.39, 0.29) is 0 Å². The van der Waals surface area contributed by atoms with Gasteiger partial charge in [-0.1, -0.05) is 0 Å². The Hall–Kier alpha value is -0.570. The van der Waals surface area contributed by atoms with E-state index in [9.17, 15) is 4.79 Å². The molecule has 1 amide bonds. The van der Waals surface area contributed by atoms with Gasteiger partial charge in [-0.2, -0.15) is 0 Å². The Bertz CT molecular complexity index is 293. The molecular formula is C14H23NO2. The summed E-state index contributed by atoms with van der Waals surface area (Å²) >= 11 is 0. The van der Waals surface area contributed by atoms with Crippen molar-refractivity contribution in [3.8, 4) is 0 Å². The number of hydrogen-bond donors (Lipinski definition) is 0. The number of carbonyl (C=O) groups is 1. The highest BCUT2D eigenvalue weighted by atomic mass is 16.5. The number of hydrogen-bond acceptors (Lipinski definition) is 2. The second-order valence-electron chi connectivity index (χ2n) is 6.17. The highest BCUT2D eigenvalue weighted by molar-refractivity contribution is 5.79. The minimum atomic E-state index is 0.361. The molecule has 0 spiro atoms. The van der Waals surface area contributed by atoms with Crippen molar-refractivity contribution < 1.29 is 9.53 Å². The summed E-state index contributed by atoms with van der Waals surface area (Å²) in [6.07, 6.45) is 6.12. The lowest BCUT2D eigenvalue weighted by Gasteiger charge is -2.34. The van der Waals surface area contributed by atoms with E-state index in [1.165, 1.54) is 25.7 Å². The van der Waals surface area contributed by atoms with Crippen molar-refractivity contribution in [3.63, 3.8) is 0 Å². The first-order chi connectivity index (χ1) is 8.28. The molecule has 2 aliphatic carbocycles. The van der Waals surface area contributed by atoms with Gasteiger partial charge in [0, 0.05) is 26.1 Å². The Balaban J connectivity index is 1.54. The van der Waals surface area contributed by atoms with Crippen molar-refractivity contribution in [1.29, 1.82) is 0 Å². The molecule has 0 N–H and O–H groups in total. The number of ether oxygens (including phenoxy) is 1. The molecule has 1 saturated heterocycles. The third-order valence-corrected chi connectivity index (χ3v) is 4.83. The molecule has 0 aromatic carbocycles. The zero-order valence-electron chi connectivity index (χ0n) is 10.7. The fourth-order valence-corrected chi connectivity index (χ4v) is 3.81. The molecule has 1 aliphatic heterocycles. The Morgan fingerprint density at radius 3 is 2.76 bits per heavy atom. The number of nitrogens with zero attached hydrogens (tertiary/aromatic N) is 1. The standard InChI is InChI=1S/C14H23NO2/c1-17-9-10-3-2-4-15(8-10)14(16)13-6-11-5-12(11)7-13/h10-13H,2-9H2,1H3. The molecule has 3 unspecified atom stereocenters. The average molecular weight is 237 g/mol. The van der Waals surface area contributed by atoms with Crippen LogP contribution in [0.2, 0.25) is 0 Å². The number of methoxy groups -OCH3 is 1. The van der Waals surface area contributed by atoms with E-state index in [0.29, 0.717) is 17.7 Å². The smallest absolute Gasteiger partial charge is 0.225 e. The molecule has 3 atom stereocenters. The first-order valence-electron chi connectivity index (χ1n) is 7.05. The summed E-state index contributed by atoms with van der Waals surface area (Å²) in [4.78, 5) is 14.5. The third kappa shape index (κ3) is 2.35. The maximum atomic E-state index is 12.4. The zero-order valence-corrected chi connectivity index (χ0v) is 10.7. The molecule has 3 rings (SSSR count). The SMILES string of the molecule is COCC1CCCN(C(=O)C2CC3CC3C2)C1. The van der Waals surface area contributed by atoms with E-state index < -0.39 is 0 Å². The van der Waals surface area contributed by atoms with Crippen LogP contribution in [0, 0.1) is 23.7 Å². The van der Waals surface area contributed by atoms with Gasteiger partial charge in [0.25, 0.3) is 0 Å². The first kappa shape index (κ1) is 11.5. The molecule has 2 saturated carbocycles. The Labute approximate surface area is 104 Å². The Kier molecular flexibility index (Phi) is 3.12. The van der Waals surface area contributed by atoms with Crippen LogP contribution < -0.4 is 0 Å². The minimum Gasteiger partial charge on any atom is -0.384 e. The van der Waals surface area contributed by atoms with Gasteiger partial charge in [0.15, 0.2) is 0 Å².